The van der Waals surface area contributed by atoms with Crippen LogP contribution in [-0.4, -0.2) is 63.8 Å². The van der Waals surface area contributed by atoms with E-state index in [0.29, 0.717) is 11.8 Å². The van der Waals surface area contributed by atoms with Crippen molar-refractivity contribution in [3.8, 4) is 0 Å². The van der Waals surface area contributed by atoms with Crippen molar-refractivity contribution < 1.29 is 8.97 Å². The van der Waals surface area contributed by atoms with Crippen molar-refractivity contribution in [1.82, 2.24) is 0 Å². The van der Waals surface area contributed by atoms with E-state index in [4.69, 9.17) is 0 Å². The molecule has 26 heavy (non-hydrogen) atoms. The topological polar surface area (TPSA) is 0 Å². The maximum Gasteiger partial charge on any atom is 0.128 e. The molecule has 0 N–H and O–H groups in total. The summed E-state index contributed by atoms with van der Waals surface area (Å²) in [7, 11) is 11.8. The number of quaternary nitrogens is 2. The fourth-order valence-corrected chi connectivity index (χ4v) is 5.24. The molecule has 0 saturated carbocycles. The van der Waals surface area contributed by atoms with Gasteiger partial charge in [-0.15, -0.1) is 0 Å². The molecule has 1 atom stereocenters. The van der Waals surface area contributed by atoms with Crippen molar-refractivity contribution in [2.24, 2.45) is 5.92 Å². The predicted molar refractivity (Wildman–Crippen MR) is 109 cm³/mol. The van der Waals surface area contributed by atoms with Gasteiger partial charge < -0.3 is 8.97 Å². The number of rotatable bonds is 5. The summed E-state index contributed by atoms with van der Waals surface area (Å²) in [5.41, 5.74) is 6.37. The lowest BCUT2D eigenvalue weighted by atomic mass is 9.59. The van der Waals surface area contributed by atoms with E-state index in [9.17, 15) is 0 Å². The lowest BCUT2D eigenvalue weighted by Gasteiger charge is -2.47. The Hall–Kier alpha value is -1.64. The third-order valence-corrected chi connectivity index (χ3v) is 6.53. The van der Waals surface area contributed by atoms with E-state index >= 15 is 0 Å². The molecular weight excluding hydrogens is 316 g/mol. The minimum atomic E-state index is 0.578. The quantitative estimate of drug-likeness (QED) is 0.713. The van der Waals surface area contributed by atoms with E-state index in [1.807, 2.05) is 0 Å². The Bertz CT molecular complexity index is 752. The molecule has 138 valence electrons. The molecule has 3 aliphatic carbocycles. The molecule has 1 unspecified atom stereocenters. The lowest BCUT2D eigenvalue weighted by molar-refractivity contribution is -0.939. The first-order valence-corrected chi connectivity index (χ1v) is 10.1. The number of benzene rings is 2. The molecule has 2 bridgehead atoms. The van der Waals surface area contributed by atoms with Crippen molar-refractivity contribution in [2.45, 2.75) is 18.3 Å². The zero-order valence-electron chi connectivity index (χ0n) is 17.1. The molecular formula is C24H34N2+2. The highest BCUT2D eigenvalue weighted by Crippen LogP contribution is 2.55. The van der Waals surface area contributed by atoms with Gasteiger partial charge in [-0.3, -0.25) is 0 Å². The van der Waals surface area contributed by atoms with E-state index < -0.39 is 0 Å². The number of nitrogens with zero attached hydrogens (tertiary/aromatic N) is 2. The van der Waals surface area contributed by atoms with Crippen LogP contribution in [0.1, 0.15) is 40.5 Å². The highest BCUT2D eigenvalue weighted by atomic mass is 15.4. The molecule has 2 heteroatoms. The standard InChI is InChI=1S/C24H34N2/c1-25(2,3)14-15-26(4,5)17-18-16-23-19-10-6-8-12-21(19)24(18)22-13-9-7-11-20(22)23/h6-13,18,23-24H,14-17H2,1-5H3/q+2. The van der Waals surface area contributed by atoms with Gasteiger partial charge in [0.1, 0.15) is 13.1 Å². The second-order valence-corrected chi connectivity index (χ2v) is 10.1. The second kappa shape index (κ2) is 6.21. The fourth-order valence-electron chi connectivity index (χ4n) is 5.24. The van der Waals surface area contributed by atoms with Crippen LogP contribution in [0, 0.1) is 5.92 Å². The third-order valence-electron chi connectivity index (χ3n) is 6.53. The average Bonchev–Trinajstić information content (AvgIpc) is 2.60. The zero-order valence-corrected chi connectivity index (χ0v) is 17.1. The zero-order chi connectivity index (χ0) is 18.5. The van der Waals surface area contributed by atoms with Crippen LogP contribution < -0.4 is 0 Å². The monoisotopic (exact) mass is 350 g/mol. The lowest BCUT2D eigenvalue weighted by Crippen LogP contribution is -2.52. The molecule has 0 saturated heterocycles. The molecule has 5 rings (SSSR count). The molecule has 0 aliphatic heterocycles. The van der Waals surface area contributed by atoms with E-state index in [1.54, 1.807) is 22.3 Å². The number of hydrogen-bond donors (Lipinski definition) is 0. The summed E-state index contributed by atoms with van der Waals surface area (Å²) in [6, 6.07) is 18.4. The summed E-state index contributed by atoms with van der Waals surface area (Å²) >= 11 is 0. The maximum atomic E-state index is 2.43. The Morgan fingerprint density at radius 3 is 1.73 bits per heavy atom. The van der Waals surface area contributed by atoms with Crippen LogP contribution in [-0.2, 0) is 0 Å². The van der Waals surface area contributed by atoms with Gasteiger partial charge in [-0.1, -0.05) is 48.5 Å². The van der Waals surface area contributed by atoms with Crippen LogP contribution in [0.15, 0.2) is 48.5 Å². The number of fused-ring (bicyclic) bond motifs is 1. The largest absolute Gasteiger partial charge is 0.326 e. The van der Waals surface area contributed by atoms with Crippen molar-refractivity contribution in [3.05, 3.63) is 70.8 Å². The van der Waals surface area contributed by atoms with Crippen molar-refractivity contribution in [3.63, 3.8) is 0 Å². The van der Waals surface area contributed by atoms with Gasteiger partial charge in [-0.05, 0) is 28.7 Å². The normalized spacial score (nSPS) is 24.3. The van der Waals surface area contributed by atoms with Gasteiger partial charge in [-0.25, -0.2) is 0 Å². The van der Waals surface area contributed by atoms with Gasteiger partial charge in [0.15, 0.2) is 0 Å². The highest BCUT2D eigenvalue weighted by Gasteiger charge is 2.45. The summed E-state index contributed by atoms with van der Waals surface area (Å²) in [4.78, 5) is 0. The van der Waals surface area contributed by atoms with Crippen LogP contribution in [0.25, 0.3) is 0 Å². The summed E-state index contributed by atoms with van der Waals surface area (Å²) in [5, 5.41) is 0. The SMILES string of the molecule is C[N+](C)(C)CC[N+](C)(C)CC1CC2c3ccccc3C1c1ccccc12. The molecule has 0 amide bonds. The maximum absolute atomic E-state index is 2.43. The third kappa shape index (κ3) is 3.21. The molecule has 0 spiro atoms. The Morgan fingerprint density at radius 2 is 1.23 bits per heavy atom. The minimum Gasteiger partial charge on any atom is -0.326 e. The van der Waals surface area contributed by atoms with Crippen molar-refractivity contribution in [1.29, 1.82) is 0 Å². The number of likely N-dealkylation sites (N-methyl/N-ethyl adjacent to an activating group) is 2. The average molecular weight is 351 g/mol. The fraction of sp³-hybridized carbons (Fsp3) is 0.500. The Kier molecular flexibility index (Phi) is 4.24. The van der Waals surface area contributed by atoms with Gasteiger partial charge in [0.05, 0.1) is 41.8 Å². The van der Waals surface area contributed by atoms with Gasteiger partial charge in [-0.2, -0.15) is 0 Å². The first-order chi connectivity index (χ1) is 12.3. The van der Waals surface area contributed by atoms with E-state index in [-0.39, 0.29) is 0 Å². The molecule has 3 aliphatic rings. The summed E-state index contributed by atoms with van der Waals surface area (Å²) in [6.45, 7) is 3.73. The smallest absolute Gasteiger partial charge is 0.128 e. The molecule has 0 aromatic heterocycles. The highest BCUT2D eigenvalue weighted by molar-refractivity contribution is 5.55. The van der Waals surface area contributed by atoms with Crippen LogP contribution in [0.3, 0.4) is 0 Å². The molecule has 0 fully saturated rings. The first kappa shape index (κ1) is 17.8. The summed E-state index contributed by atoms with van der Waals surface area (Å²) in [5.74, 6) is 1.91. The summed E-state index contributed by atoms with van der Waals surface area (Å²) in [6.07, 6.45) is 1.31. The van der Waals surface area contributed by atoms with Gasteiger partial charge in [0.25, 0.3) is 0 Å². The Balaban J connectivity index is 1.64. The molecule has 2 aromatic rings. The van der Waals surface area contributed by atoms with E-state index in [0.717, 1.165) is 14.9 Å². The van der Waals surface area contributed by atoms with E-state index in [2.05, 4.69) is 83.8 Å². The van der Waals surface area contributed by atoms with Gasteiger partial charge >= 0.3 is 0 Å². The Morgan fingerprint density at radius 1 is 0.731 bits per heavy atom. The molecule has 0 radical (unpaired) electrons. The minimum absolute atomic E-state index is 0.578. The first-order valence-electron chi connectivity index (χ1n) is 10.1. The van der Waals surface area contributed by atoms with E-state index in [1.165, 1.54) is 26.1 Å². The van der Waals surface area contributed by atoms with Crippen LogP contribution >= 0.6 is 0 Å². The molecule has 0 heterocycles. The van der Waals surface area contributed by atoms with Crippen LogP contribution in [0.4, 0.5) is 0 Å². The van der Waals surface area contributed by atoms with Crippen molar-refractivity contribution in [2.75, 3.05) is 54.9 Å². The number of hydrogen-bond acceptors (Lipinski definition) is 0. The molecule has 2 nitrogen and oxygen atoms in total. The van der Waals surface area contributed by atoms with Crippen LogP contribution in [0.2, 0.25) is 0 Å². The van der Waals surface area contributed by atoms with Crippen molar-refractivity contribution >= 4 is 0 Å². The van der Waals surface area contributed by atoms with Gasteiger partial charge in [0.2, 0.25) is 0 Å². The summed E-state index contributed by atoms with van der Waals surface area (Å²) < 4.78 is 2.16. The van der Waals surface area contributed by atoms with Crippen LogP contribution in [0.5, 0.6) is 0 Å². The predicted octanol–water partition coefficient (Wildman–Crippen LogP) is 4.07. The Labute approximate surface area is 159 Å². The van der Waals surface area contributed by atoms with Gasteiger partial charge in [0, 0.05) is 17.8 Å². The molecule has 2 aromatic carbocycles. The second-order valence-electron chi connectivity index (χ2n) is 10.1.